The van der Waals surface area contributed by atoms with E-state index in [0.717, 1.165) is 31.4 Å². The number of hydrogen-bond acceptors (Lipinski definition) is 4. The molecular weight excluding hydrogens is 276 g/mol. The molecule has 1 aromatic heterocycles. The van der Waals surface area contributed by atoms with E-state index in [1.165, 1.54) is 0 Å². The molecule has 0 bridgehead atoms. The molecule has 2 rings (SSSR count). The minimum absolute atomic E-state index is 0.122. The molecule has 1 fully saturated rings. The molecule has 20 heavy (non-hydrogen) atoms. The van der Waals surface area contributed by atoms with Crippen molar-refractivity contribution in [2.75, 3.05) is 13.6 Å². The highest BCUT2D eigenvalue weighted by molar-refractivity contribution is 7.89. The van der Waals surface area contributed by atoms with E-state index in [1.807, 2.05) is 6.92 Å². The van der Waals surface area contributed by atoms with Crippen LogP contribution in [0.15, 0.2) is 5.03 Å². The van der Waals surface area contributed by atoms with Crippen LogP contribution in [0.25, 0.3) is 0 Å². The first-order valence-corrected chi connectivity index (χ1v) is 8.60. The van der Waals surface area contributed by atoms with Crippen molar-refractivity contribution in [3.63, 3.8) is 0 Å². The standard InChI is InChI=1S/C13H24N4O2S/c1-4-5-13(6-7-13)9-15-20(18,19)12-11(8-14-3)10(2)16-17-12/h14-15H,4-9H2,1-3H3,(H,16,17). The van der Waals surface area contributed by atoms with Crippen LogP contribution in [-0.2, 0) is 16.6 Å². The quantitative estimate of drug-likeness (QED) is 0.675. The first-order chi connectivity index (χ1) is 9.44. The highest BCUT2D eigenvalue weighted by Gasteiger charge is 2.42. The SMILES string of the molecule is CCCC1(CNS(=O)(=O)c2n[nH]c(C)c2CNC)CC1. The van der Waals surface area contributed by atoms with Crippen molar-refractivity contribution in [1.29, 1.82) is 0 Å². The lowest BCUT2D eigenvalue weighted by Gasteiger charge is -2.14. The summed E-state index contributed by atoms with van der Waals surface area (Å²) in [5, 5.41) is 9.81. The fourth-order valence-corrected chi connectivity index (χ4v) is 3.92. The minimum atomic E-state index is -3.54. The Morgan fingerprint density at radius 2 is 2.10 bits per heavy atom. The summed E-state index contributed by atoms with van der Waals surface area (Å²) in [5.41, 5.74) is 1.69. The van der Waals surface area contributed by atoms with Gasteiger partial charge in [0, 0.05) is 24.3 Å². The Labute approximate surface area is 120 Å². The molecule has 7 heteroatoms. The van der Waals surface area contributed by atoms with Gasteiger partial charge in [0.1, 0.15) is 0 Å². The molecule has 3 N–H and O–H groups in total. The molecule has 0 unspecified atom stereocenters. The Morgan fingerprint density at radius 3 is 2.65 bits per heavy atom. The van der Waals surface area contributed by atoms with Crippen LogP contribution in [0.4, 0.5) is 0 Å². The van der Waals surface area contributed by atoms with Gasteiger partial charge in [-0.3, -0.25) is 5.10 Å². The van der Waals surface area contributed by atoms with Crippen LogP contribution in [0.5, 0.6) is 0 Å². The summed E-state index contributed by atoms with van der Waals surface area (Å²) in [4.78, 5) is 0. The predicted molar refractivity (Wildman–Crippen MR) is 77.9 cm³/mol. The number of aromatic nitrogens is 2. The lowest BCUT2D eigenvalue weighted by Crippen LogP contribution is -2.31. The first-order valence-electron chi connectivity index (χ1n) is 7.12. The molecule has 0 saturated heterocycles. The smallest absolute Gasteiger partial charge is 0.260 e. The van der Waals surface area contributed by atoms with Crippen molar-refractivity contribution >= 4 is 10.0 Å². The third-order valence-electron chi connectivity index (χ3n) is 4.02. The van der Waals surface area contributed by atoms with Crippen LogP contribution in [-0.4, -0.2) is 32.2 Å². The lowest BCUT2D eigenvalue weighted by atomic mass is 10.0. The molecule has 0 aliphatic heterocycles. The van der Waals surface area contributed by atoms with Gasteiger partial charge < -0.3 is 5.32 Å². The summed E-state index contributed by atoms with van der Waals surface area (Å²) in [6.07, 6.45) is 4.41. The van der Waals surface area contributed by atoms with Gasteiger partial charge in [-0.2, -0.15) is 5.10 Å². The number of nitrogens with zero attached hydrogens (tertiary/aromatic N) is 1. The van der Waals surface area contributed by atoms with E-state index in [1.54, 1.807) is 7.05 Å². The number of aryl methyl sites for hydroxylation is 1. The maximum absolute atomic E-state index is 12.4. The number of aromatic amines is 1. The Bertz CT molecular complexity index is 561. The largest absolute Gasteiger partial charge is 0.316 e. The van der Waals surface area contributed by atoms with Gasteiger partial charge in [-0.15, -0.1) is 0 Å². The molecule has 0 spiro atoms. The summed E-state index contributed by atoms with van der Waals surface area (Å²) in [6.45, 7) is 4.97. The van der Waals surface area contributed by atoms with E-state index in [0.29, 0.717) is 18.7 Å². The number of sulfonamides is 1. The van der Waals surface area contributed by atoms with Gasteiger partial charge in [0.2, 0.25) is 0 Å². The first kappa shape index (κ1) is 15.5. The van der Waals surface area contributed by atoms with Crippen LogP contribution in [0.2, 0.25) is 0 Å². The number of nitrogens with one attached hydrogen (secondary N) is 3. The van der Waals surface area contributed by atoms with Crippen LogP contribution in [0, 0.1) is 12.3 Å². The topological polar surface area (TPSA) is 86.9 Å². The van der Waals surface area contributed by atoms with Crippen LogP contribution >= 0.6 is 0 Å². The van der Waals surface area contributed by atoms with E-state index in [9.17, 15) is 8.42 Å². The molecule has 1 aliphatic carbocycles. The predicted octanol–water partition coefficient (Wildman–Crippen LogP) is 1.30. The Balaban J connectivity index is 2.11. The lowest BCUT2D eigenvalue weighted by molar-refractivity contribution is 0.448. The Kier molecular flexibility index (Phi) is 4.51. The van der Waals surface area contributed by atoms with E-state index in [2.05, 4.69) is 27.2 Å². The van der Waals surface area contributed by atoms with Gasteiger partial charge in [0.15, 0.2) is 5.03 Å². The van der Waals surface area contributed by atoms with Gasteiger partial charge in [0.25, 0.3) is 10.0 Å². The van der Waals surface area contributed by atoms with Gasteiger partial charge in [-0.25, -0.2) is 13.1 Å². The van der Waals surface area contributed by atoms with Crippen LogP contribution in [0.1, 0.15) is 43.9 Å². The zero-order valence-corrected chi connectivity index (χ0v) is 13.2. The normalized spacial score (nSPS) is 17.4. The second-order valence-electron chi connectivity index (χ2n) is 5.74. The van der Waals surface area contributed by atoms with E-state index in [4.69, 9.17) is 0 Å². The Morgan fingerprint density at radius 1 is 1.40 bits per heavy atom. The molecule has 0 aromatic carbocycles. The van der Waals surface area contributed by atoms with Gasteiger partial charge in [-0.05, 0) is 38.6 Å². The molecule has 0 radical (unpaired) electrons. The second-order valence-corrected chi connectivity index (χ2v) is 7.42. The highest BCUT2D eigenvalue weighted by Crippen LogP contribution is 2.49. The number of rotatable bonds is 8. The summed E-state index contributed by atoms with van der Waals surface area (Å²) < 4.78 is 27.5. The molecule has 0 amide bonds. The summed E-state index contributed by atoms with van der Waals surface area (Å²) >= 11 is 0. The average Bonchev–Trinajstić information content (AvgIpc) is 3.06. The third kappa shape index (κ3) is 3.21. The molecule has 1 saturated carbocycles. The van der Waals surface area contributed by atoms with Crippen molar-refractivity contribution in [2.24, 2.45) is 5.41 Å². The van der Waals surface area contributed by atoms with Crippen molar-refractivity contribution in [3.05, 3.63) is 11.3 Å². The zero-order valence-electron chi connectivity index (χ0n) is 12.4. The van der Waals surface area contributed by atoms with Crippen molar-refractivity contribution < 1.29 is 8.42 Å². The van der Waals surface area contributed by atoms with Gasteiger partial charge in [-0.1, -0.05) is 13.3 Å². The van der Waals surface area contributed by atoms with Crippen molar-refractivity contribution in [1.82, 2.24) is 20.2 Å². The van der Waals surface area contributed by atoms with E-state index < -0.39 is 10.0 Å². The van der Waals surface area contributed by atoms with E-state index >= 15 is 0 Å². The third-order valence-corrected chi connectivity index (χ3v) is 5.39. The van der Waals surface area contributed by atoms with Gasteiger partial charge >= 0.3 is 0 Å². The molecule has 114 valence electrons. The fraction of sp³-hybridized carbons (Fsp3) is 0.769. The average molecular weight is 300 g/mol. The fourth-order valence-electron chi connectivity index (χ4n) is 2.58. The van der Waals surface area contributed by atoms with Crippen LogP contribution in [0.3, 0.4) is 0 Å². The van der Waals surface area contributed by atoms with Crippen LogP contribution < -0.4 is 10.0 Å². The zero-order chi connectivity index (χ0) is 14.8. The summed E-state index contributed by atoms with van der Waals surface area (Å²) in [7, 11) is -1.75. The molecule has 0 atom stereocenters. The van der Waals surface area contributed by atoms with E-state index in [-0.39, 0.29) is 10.4 Å². The molecule has 6 nitrogen and oxygen atoms in total. The number of H-pyrrole nitrogens is 1. The molecule has 1 aliphatic rings. The Hall–Kier alpha value is -0.920. The maximum Gasteiger partial charge on any atom is 0.260 e. The summed E-state index contributed by atoms with van der Waals surface area (Å²) in [6, 6.07) is 0. The van der Waals surface area contributed by atoms with Gasteiger partial charge in [0.05, 0.1) is 0 Å². The molecule has 1 heterocycles. The van der Waals surface area contributed by atoms with Crippen molar-refractivity contribution in [3.8, 4) is 0 Å². The second kappa shape index (κ2) is 5.83. The molecular formula is C13H24N4O2S. The number of hydrogen-bond donors (Lipinski definition) is 3. The van der Waals surface area contributed by atoms with Crippen molar-refractivity contribution in [2.45, 2.75) is 51.1 Å². The molecule has 1 aromatic rings. The highest BCUT2D eigenvalue weighted by atomic mass is 32.2. The summed E-state index contributed by atoms with van der Waals surface area (Å²) in [5.74, 6) is 0. The monoisotopic (exact) mass is 300 g/mol. The maximum atomic E-state index is 12.4. The minimum Gasteiger partial charge on any atom is -0.316 e.